The summed E-state index contributed by atoms with van der Waals surface area (Å²) in [6, 6.07) is 14.9. The Morgan fingerprint density at radius 2 is 1.83 bits per heavy atom. The molecule has 2 heterocycles. The van der Waals surface area contributed by atoms with Gasteiger partial charge in [-0.1, -0.05) is 67.6 Å². The van der Waals surface area contributed by atoms with Crippen molar-refractivity contribution in [1.29, 1.82) is 5.26 Å². The number of hydrogen-bond donors (Lipinski definition) is 2. The number of nitrogens with zero attached hydrogens (tertiary/aromatic N) is 4. The van der Waals surface area contributed by atoms with Crippen molar-refractivity contribution in [2.45, 2.75) is 32.1 Å². The van der Waals surface area contributed by atoms with Crippen molar-refractivity contribution < 1.29 is 8.42 Å². The highest BCUT2D eigenvalue weighted by Crippen LogP contribution is 2.35. The Labute approximate surface area is 208 Å². The van der Waals surface area contributed by atoms with Gasteiger partial charge in [-0.05, 0) is 24.5 Å². The van der Waals surface area contributed by atoms with Gasteiger partial charge in [-0.15, -0.1) is 0 Å². The van der Waals surface area contributed by atoms with Crippen LogP contribution >= 0.6 is 11.6 Å². The van der Waals surface area contributed by atoms with Gasteiger partial charge in [0, 0.05) is 16.5 Å². The number of fused-ring (bicyclic) bond motifs is 1. The minimum atomic E-state index is -3.70. The fourth-order valence-corrected chi connectivity index (χ4v) is 6.00. The SMILES string of the molecule is N#Cc1nc(-c2cc(Cl)c3[nH]ncc3c2)c(-c2ccccc2)nc1NS(=O)(=O)CCC1CCCC1. The predicted octanol–water partition coefficient (Wildman–Crippen LogP) is 5.53. The molecule has 2 N–H and O–H groups in total. The van der Waals surface area contributed by atoms with E-state index in [1.54, 1.807) is 12.3 Å². The molecule has 2 aromatic heterocycles. The molecule has 0 amide bonds. The average molecular weight is 507 g/mol. The van der Waals surface area contributed by atoms with Gasteiger partial charge in [0.15, 0.2) is 11.5 Å². The van der Waals surface area contributed by atoms with Crippen LogP contribution in [-0.2, 0) is 10.0 Å². The topological polar surface area (TPSA) is 124 Å². The number of benzene rings is 2. The first kappa shape index (κ1) is 23.3. The highest BCUT2D eigenvalue weighted by Gasteiger charge is 2.23. The zero-order valence-corrected chi connectivity index (χ0v) is 20.4. The molecule has 1 saturated carbocycles. The van der Waals surface area contributed by atoms with Crippen molar-refractivity contribution in [2.24, 2.45) is 5.92 Å². The average Bonchev–Trinajstić information content (AvgIpc) is 3.55. The first-order valence-electron chi connectivity index (χ1n) is 11.4. The molecule has 0 aliphatic heterocycles. The van der Waals surface area contributed by atoms with E-state index < -0.39 is 10.0 Å². The van der Waals surface area contributed by atoms with Crippen molar-refractivity contribution in [1.82, 2.24) is 20.2 Å². The van der Waals surface area contributed by atoms with Crippen LogP contribution in [0.2, 0.25) is 5.02 Å². The van der Waals surface area contributed by atoms with Crippen molar-refractivity contribution in [3.63, 3.8) is 0 Å². The zero-order valence-electron chi connectivity index (χ0n) is 18.8. The van der Waals surface area contributed by atoms with Gasteiger partial charge in [-0.25, -0.2) is 18.4 Å². The summed E-state index contributed by atoms with van der Waals surface area (Å²) in [6.45, 7) is 0. The van der Waals surface area contributed by atoms with Crippen LogP contribution in [-0.4, -0.2) is 34.3 Å². The summed E-state index contributed by atoms with van der Waals surface area (Å²) in [5.74, 6) is 0.342. The number of H-pyrrole nitrogens is 1. The highest BCUT2D eigenvalue weighted by atomic mass is 35.5. The highest BCUT2D eigenvalue weighted by molar-refractivity contribution is 7.92. The maximum Gasteiger partial charge on any atom is 0.233 e. The molecule has 0 bridgehead atoms. The second-order valence-corrected chi connectivity index (χ2v) is 11.0. The Morgan fingerprint density at radius 3 is 2.57 bits per heavy atom. The van der Waals surface area contributed by atoms with Gasteiger partial charge in [0.2, 0.25) is 10.0 Å². The molecule has 35 heavy (non-hydrogen) atoms. The molecule has 178 valence electrons. The second kappa shape index (κ2) is 9.64. The van der Waals surface area contributed by atoms with Gasteiger partial charge in [-0.2, -0.15) is 10.4 Å². The van der Waals surface area contributed by atoms with Gasteiger partial charge < -0.3 is 0 Å². The van der Waals surface area contributed by atoms with Crippen LogP contribution in [0, 0.1) is 17.2 Å². The van der Waals surface area contributed by atoms with Crippen LogP contribution in [0.3, 0.4) is 0 Å². The lowest BCUT2D eigenvalue weighted by atomic mass is 10.0. The summed E-state index contributed by atoms with van der Waals surface area (Å²) in [6.07, 6.45) is 6.68. The number of nitriles is 1. The molecule has 0 unspecified atom stereocenters. The summed E-state index contributed by atoms with van der Waals surface area (Å²) in [7, 11) is -3.70. The number of hydrogen-bond acceptors (Lipinski definition) is 6. The first-order valence-corrected chi connectivity index (χ1v) is 13.5. The molecular weight excluding hydrogens is 484 g/mol. The number of nitrogens with one attached hydrogen (secondary N) is 2. The molecule has 4 aromatic rings. The van der Waals surface area contributed by atoms with E-state index in [2.05, 4.69) is 24.9 Å². The molecule has 1 fully saturated rings. The number of sulfonamides is 1. The Kier molecular flexibility index (Phi) is 6.41. The van der Waals surface area contributed by atoms with Gasteiger partial charge in [-0.3, -0.25) is 9.82 Å². The van der Waals surface area contributed by atoms with E-state index >= 15 is 0 Å². The van der Waals surface area contributed by atoms with Crippen LogP contribution in [0.15, 0.2) is 48.7 Å². The Hall–Kier alpha value is -3.48. The fraction of sp³-hybridized carbons (Fsp3) is 0.280. The predicted molar refractivity (Wildman–Crippen MR) is 136 cm³/mol. The molecule has 8 nitrogen and oxygen atoms in total. The largest absolute Gasteiger partial charge is 0.276 e. The molecule has 1 aliphatic carbocycles. The summed E-state index contributed by atoms with van der Waals surface area (Å²) in [5.41, 5.74) is 2.82. The molecule has 0 spiro atoms. The first-order chi connectivity index (χ1) is 16.9. The number of anilines is 1. The quantitative estimate of drug-likeness (QED) is 0.339. The maximum absolute atomic E-state index is 12.9. The van der Waals surface area contributed by atoms with Crippen LogP contribution in [0.4, 0.5) is 5.82 Å². The van der Waals surface area contributed by atoms with Crippen molar-refractivity contribution in [3.8, 4) is 28.6 Å². The molecular formula is C25H23ClN6O2S. The number of aromatic nitrogens is 4. The summed E-state index contributed by atoms with van der Waals surface area (Å²) in [4.78, 5) is 9.16. The lowest BCUT2D eigenvalue weighted by Gasteiger charge is -2.15. The van der Waals surface area contributed by atoms with E-state index in [4.69, 9.17) is 11.6 Å². The normalized spacial score (nSPS) is 14.3. The third-order valence-corrected chi connectivity index (χ3v) is 7.92. The maximum atomic E-state index is 12.9. The molecule has 5 rings (SSSR count). The summed E-state index contributed by atoms with van der Waals surface area (Å²) in [5, 5.41) is 17.9. The van der Waals surface area contributed by atoms with Crippen molar-refractivity contribution in [3.05, 3.63) is 59.4 Å². The number of rotatable bonds is 7. The number of halogens is 1. The van der Waals surface area contributed by atoms with E-state index in [1.165, 1.54) is 0 Å². The minimum absolute atomic E-state index is 0.0145. The van der Waals surface area contributed by atoms with Crippen LogP contribution in [0.5, 0.6) is 0 Å². The minimum Gasteiger partial charge on any atom is -0.276 e. The van der Waals surface area contributed by atoms with E-state index in [0.29, 0.717) is 39.8 Å². The van der Waals surface area contributed by atoms with Crippen molar-refractivity contribution in [2.75, 3.05) is 10.5 Å². The van der Waals surface area contributed by atoms with Crippen LogP contribution in [0.25, 0.3) is 33.4 Å². The molecule has 0 atom stereocenters. The summed E-state index contributed by atoms with van der Waals surface area (Å²) < 4.78 is 28.3. The molecule has 2 aromatic carbocycles. The molecule has 10 heteroatoms. The third kappa shape index (κ3) is 4.99. The Morgan fingerprint density at radius 1 is 1.09 bits per heavy atom. The van der Waals surface area contributed by atoms with E-state index in [0.717, 1.165) is 36.6 Å². The van der Waals surface area contributed by atoms with Gasteiger partial charge in [0.1, 0.15) is 6.07 Å². The molecule has 1 aliphatic rings. The van der Waals surface area contributed by atoms with E-state index in [9.17, 15) is 13.7 Å². The Balaban J connectivity index is 1.58. The lowest BCUT2D eigenvalue weighted by Crippen LogP contribution is -2.20. The van der Waals surface area contributed by atoms with E-state index in [1.807, 2.05) is 42.5 Å². The van der Waals surface area contributed by atoms with Crippen LogP contribution in [0.1, 0.15) is 37.8 Å². The van der Waals surface area contributed by atoms with Gasteiger partial charge in [0.05, 0.1) is 33.9 Å². The molecule has 0 radical (unpaired) electrons. The van der Waals surface area contributed by atoms with Gasteiger partial charge in [0.25, 0.3) is 0 Å². The fourth-order valence-electron chi connectivity index (χ4n) is 4.55. The smallest absolute Gasteiger partial charge is 0.233 e. The Bertz CT molecular complexity index is 1520. The number of aromatic amines is 1. The zero-order chi connectivity index (χ0) is 24.4. The standard InChI is InChI=1S/C25H23ClN6O2S/c26-20-13-18(12-19-15-28-31-22(19)20)24-23(17-8-2-1-3-9-17)30-25(21(14-27)29-24)32-35(33,34)11-10-16-6-4-5-7-16/h1-3,8-9,12-13,15-16H,4-7,10-11H2,(H,28,31)(H,30,32). The third-order valence-electron chi connectivity index (χ3n) is 6.34. The second-order valence-electron chi connectivity index (χ2n) is 8.75. The van der Waals surface area contributed by atoms with E-state index in [-0.39, 0.29) is 17.3 Å². The summed E-state index contributed by atoms with van der Waals surface area (Å²) >= 11 is 6.46. The molecule has 0 saturated heterocycles. The van der Waals surface area contributed by atoms with Crippen LogP contribution < -0.4 is 4.72 Å². The van der Waals surface area contributed by atoms with Crippen molar-refractivity contribution >= 4 is 38.3 Å². The van der Waals surface area contributed by atoms with Gasteiger partial charge >= 0.3 is 0 Å². The lowest BCUT2D eigenvalue weighted by molar-refractivity contribution is 0.522. The monoisotopic (exact) mass is 506 g/mol.